The van der Waals surface area contributed by atoms with Crippen molar-refractivity contribution in [1.29, 1.82) is 0 Å². The summed E-state index contributed by atoms with van der Waals surface area (Å²) in [6.07, 6.45) is 0.560. The van der Waals surface area contributed by atoms with E-state index in [2.05, 4.69) is 9.88 Å². The lowest BCUT2D eigenvalue weighted by Gasteiger charge is -2.11. The first-order valence-electron chi connectivity index (χ1n) is 9.40. The average molecular weight is 403 g/mol. The van der Waals surface area contributed by atoms with Crippen LogP contribution in [0.3, 0.4) is 0 Å². The molecule has 0 aliphatic carbocycles. The van der Waals surface area contributed by atoms with Crippen molar-refractivity contribution in [3.63, 3.8) is 0 Å². The molecule has 30 heavy (non-hydrogen) atoms. The lowest BCUT2D eigenvalue weighted by Crippen LogP contribution is -2.17. The number of fused-ring (bicyclic) bond motifs is 3. The molecule has 0 bridgehead atoms. The molecule has 4 rings (SSSR count). The van der Waals surface area contributed by atoms with E-state index >= 15 is 0 Å². The Bertz CT molecular complexity index is 1230. The molecule has 7 heteroatoms. The highest BCUT2D eigenvalue weighted by molar-refractivity contribution is 6.20. The molecule has 0 radical (unpaired) electrons. The first-order chi connectivity index (χ1) is 14.6. The van der Waals surface area contributed by atoms with Crippen molar-refractivity contribution in [3.8, 4) is 11.5 Å². The quantitative estimate of drug-likeness (QED) is 0.269. The first-order valence-corrected chi connectivity index (χ1v) is 9.40. The van der Waals surface area contributed by atoms with E-state index in [1.807, 2.05) is 48.5 Å². The number of nitrogens with two attached hydrogens (primary N) is 1. The van der Waals surface area contributed by atoms with E-state index < -0.39 is 5.91 Å². The number of carbonyl (C=O) groups is 2. The molecule has 0 aliphatic rings. The second-order valence-electron chi connectivity index (χ2n) is 6.77. The number of hydrogen-bond donors (Lipinski definition) is 2. The number of nitrogens with zero attached hydrogens (tertiary/aromatic N) is 1. The summed E-state index contributed by atoms with van der Waals surface area (Å²) in [6, 6.07) is 19.1. The number of benzene rings is 3. The van der Waals surface area contributed by atoms with Gasteiger partial charge in [0.2, 0.25) is 12.3 Å². The fraction of sp³-hybridized carbons (Fsp3) is 0.130. The van der Waals surface area contributed by atoms with Crippen molar-refractivity contribution in [1.82, 2.24) is 9.88 Å². The van der Waals surface area contributed by atoms with Crippen molar-refractivity contribution in [3.05, 3.63) is 71.8 Å². The summed E-state index contributed by atoms with van der Waals surface area (Å²) in [7, 11) is 1.58. The molecule has 0 atom stereocenters. The van der Waals surface area contributed by atoms with Crippen LogP contribution in [0.4, 0.5) is 0 Å². The largest absolute Gasteiger partial charge is 0.497 e. The summed E-state index contributed by atoms with van der Waals surface area (Å²) < 4.78 is 13.4. The summed E-state index contributed by atoms with van der Waals surface area (Å²) in [5, 5.41) is 3.94. The van der Waals surface area contributed by atoms with Gasteiger partial charge in [0.25, 0.3) is 0 Å². The molecule has 0 spiro atoms. The van der Waals surface area contributed by atoms with Gasteiger partial charge in [0.05, 0.1) is 23.5 Å². The molecule has 2 amide bonds. The highest BCUT2D eigenvalue weighted by Crippen LogP contribution is 2.40. The number of aromatic nitrogens is 1. The van der Waals surface area contributed by atoms with Gasteiger partial charge < -0.3 is 25.1 Å². The minimum absolute atomic E-state index is 0.0180. The van der Waals surface area contributed by atoms with Crippen LogP contribution in [0, 0.1) is 0 Å². The van der Waals surface area contributed by atoms with Crippen LogP contribution in [-0.4, -0.2) is 30.7 Å². The van der Waals surface area contributed by atoms with Crippen LogP contribution < -0.4 is 20.5 Å². The number of hydrogen-bond acceptors (Lipinski definition) is 4. The van der Waals surface area contributed by atoms with Crippen molar-refractivity contribution < 1.29 is 19.1 Å². The SMILES string of the molecule is COc1cc(OCNC=O)c2c3c(C(N)=O)cccc3n(Cc3ccccc3)c2c1. The van der Waals surface area contributed by atoms with E-state index in [-0.39, 0.29) is 6.73 Å². The summed E-state index contributed by atoms with van der Waals surface area (Å²) in [4.78, 5) is 22.9. The van der Waals surface area contributed by atoms with Gasteiger partial charge in [-0.3, -0.25) is 9.59 Å². The molecule has 0 fully saturated rings. The summed E-state index contributed by atoms with van der Waals surface area (Å²) in [6.45, 7) is 0.568. The van der Waals surface area contributed by atoms with Crippen LogP contribution in [0.5, 0.6) is 11.5 Å². The van der Waals surface area contributed by atoms with Crippen molar-refractivity contribution in [2.24, 2.45) is 5.73 Å². The van der Waals surface area contributed by atoms with Gasteiger partial charge in [-0.05, 0) is 17.7 Å². The van der Waals surface area contributed by atoms with Gasteiger partial charge in [-0.25, -0.2) is 0 Å². The van der Waals surface area contributed by atoms with E-state index in [9.17, 15) is 9.59 Å². The van der Waals surface area contributed by atoms with E-state index in [1.54, 1.807) is 19.2 Å². The molecule has 7 nitrogen and oxygen atoms in total. The number of ether oxygens (including phenoxy) is 2. The zero-order valence-corrected chi connectivity index (χ0v) is 16.4. The number of nitrogens with one attached hydrogen (secondary N) is 1. The minimum Gasteiger partial charge on any atom is -0.497 e. The molecular weight excluding hydrogens is 382 g/mol. The van der Waals surface area contributed by atoms with Crippen molar-refractivity contribution in [2.45, 2.75) is 6.54 Å². The molecule has 4 aromatic rings. The van der Waals surface area contributed by atoms with Crippen LogP contribution in [0.1, 0.15) is 15.9 Å². The lowest BCUT2D eigenvalue weighted by atomic mass is 10.1. The summed E-state index contributed by atoms with van der Waals surface area (Å²) in [5.41, 5.74) is 8.89. The third-order valence-corrected chi connectivity index (χ3v) is 5.01. The molecule has 1 aromatic heterocycles. The fourth-order valence-corrected chi connectivity index (χ4v) is 3.72. The number of primary amides is 1. The van der Waals surface area contributed by atoms with Crippen LogP contribution in [0.15, 0.2) is 60.7 Å². The highest BCUT2D eigenvalue weighted by Gasteiger charge is 2.21. The number of methoxy groups -OCH3 is 1. The second kappa shape index (κ2) is 8.16. The molecule has 152 valence electrons. The average Bonchev–Trinajstić information content (AvgIpc) is 3.08. The van der Waals surface area contributed by atoms with E-state index in [4.69, 9.17) is 15.2 Å². The molecule has 1 heterocycles. The molecule has 0 unspecified atom stereocenters. The molecule has 3 aromatic carbocycles. The Morgan fingerprint density at radius 1 is 1.07 bits per heavy atom. The Balaban J connectivity index is 2.05. The van der Waals surface area contributed by atoms with E-state index in [0.29, 0.717) is 35.4 Å². The maximum atomic E-state index is 12.2. The van der Waals surface area contributed by atoms with Gasteiger partial charge in [-0.15, -0.1) is 0 Å². The van der Waals surface area contributed by atoms with E-state index in [0.717, 1.165) is 22.0 Å². The first kappa shape index (κ1) is 19.3. The Hall–Kier alpha value is -4.00. The summed E-state index contributed by atoms with van der Waals surface area (Å²) >= 11 is 0. The van der Waals surface area contributed by atoms with Gasteiger partial charge in [-0.2, -0.15) is 0 Å². The normalized spacial score (nSPS) is 10.8. The van der Waals surface area contributed by atoms with Gasteiger partial charge in [-0.1, -0.05) is 36.4 Å². The molecule has 0 aliphatic heterocycles. The smallest absolute Gasteiger partial charge is 0.249 e. The third kappa shape index (κ3) is 3.41. The van der Waals surface area contributed by atoms with Crippen molar-refractivity contribution >= 4 is 34.1 Å². The Morgan fingerprint density at radius 3 is 2.57 bits per heavy atom. The second-order valence-corrected chi connectivity index (χ2v) is 6.77. The highest BCUT2D eigenvalue weighted by atomic mass is 16.5. The van der Waals surface area contributed by atoms with E-state index in [1.165, 1.54) is 0 Å². The minimum atomic E-state index is -0.521. The lowest BCUT2D eigenvalue weighted by molar-refractivity contribution is -0.110. The molecule has 0 saturated carbocycles. The molecule has 3 N–H and O–H groups in total. The maximum Gasteiger partial charge on any atom is 0.249 e. The predicted octanol–water partition coefficient (Wildman–Crippen LogP) is 3.03. The standard InChI is InChI=1S/C23H21N3O4/c1-29-16-10-19-22(20(11-16)30-14-25-13-27)21-17(23(24)28)8-5-9-18(21)26(19)12-15-6-3-2-4-7-15/h2-11,13H,12,14H2,1H3,(H2,24,28)(H,25,27). The van der Waals surface area contributed by atoms with Gasteiger partial charge in [0.1, 0.15) is 11.5 Å². The Morgan fingerprint density at radius 2 is 1.87 bits per heavy atom. The van der Waals surface area contributed by atoms with Gasteiger partial charge >= 0.3 is 0 Å². The van der Waals surface area contributed by atoms with Crippen LogP contribution in [0.2, 0.25) is 0 Å². The number of carbonyl (C=O) groups excluding carboxylic acids is 2. The van der Waals surface area contributed by atoms with Gasteiger partial charge in [0, 0.05) is 29.6 Å². The molecule has 0 saturated heterocycles. The van der Waals surface area contributed by atoms with Gasteiger partial charge in [0.15, 0.2) is 6.73 Å². The number of rotatable bonds is 8. The Labute approximate surface area is 173 Å². The summed E-state index contributed by atoms with van der Waals surface area (Å²) in [5.74, 6) is 0.567. The maximum absolute atomic E-state index is 12.2. The predicted molar refractivity (Wildman–Crippen MR) is 115 cm³/mol. The third-order valence-electron chi connectivity index (χ3n) is 5.01. The monoisotopic (exact) mass is 403 g/mol. The van der Waals surface area contributed by atoms with Crippen LogP contribution >= 0.6 is 0 Å². The van der Waals surface area contributed by atoms with Crippen LogP contribution in [-0.2, 0) is 11.3 Å². The Kier molecular flexibility index (Phi) is 5.26. The van der Waals surface area contributed by atoms with Crippen LogP contribution in [0.25, 0.3) is 21.8 Å². The fourth-order valence-electron chi connectivity index (χ4n) is 3.72. The van der Waals surface area contributed by atoms with Crippen molar-refractivity contribution in [2.75, 3.05) is 13.8 Å². The topological polar surface area (TPSA) is 95.6 Å². The number of amides is 2. The zero-order valence-electron chi connectivity index (χ0n) is 16.4. The molecular formula is C23H21N3O4. The zero-order chi connectivity index (χ0) is 21.1.